The highest BCUT2D eigenvalue weighted by molar-refractivity contribution is 5.85. The van der Waals surface area contributed by atoms with Crippen LogP contribution in [0.3, 0.4) is 0 Å². The van der Waals surface area contributed by atoms with Gasteiger partial charge in [-0.2, -0.15) is 17.6 Å². The van der Waals surface area contributed by atoms with Crippen molar-refractivity contribution >= 4 is 12.4 Å². The molecule has 1 nitrogen and oxygen atoms in total. The Morgan fingerprint density at radius 1 is 0.667 bits per heavy atom. The van der Waals surface area contributed by atoms with Crippen LogP contribution >= 0.6 is 12.4 Å². The van der Waals surface area contributed by atoms with Gasteiger partial charge in [-0.15, -0.1) is 12.4 Å². The molecule has 0 aromatic heterocycles. The Kier molecular flexibility index (Phi) is 5.73. The van der Waals surface area contributed by atoms with Crippen LogP contribution in [-0.2, 0) is 17.4 Å². The first-order valence-electron chi connectivity index (χ1n) is 7.19. The van der Waals surface area contributed by atoms with Crippen LogP contribution in [0.15, 0.2) is 48.5 Å². The molecule has 24 heavy (non-hydrogen) atoms. The Morgan fingerprint density at radius 3 is 1.29 bits per heavy atom. The Hall–Kier alpha value is -1.59. The van der Waals surface area contributed by atoms with E-state index in [2.05, 4.69) is 0 Å². The molecule has 0 amide bonds. The van der Waals surface area contributed by atoms with E-state index in [0.29, 0.717) is 5.56 Å². The number of halogens is 5. The molecule has 0 heterocycles. The van der Waals surface area contributed by atoms with E-state index in [0.717, 1.165) is 29.8 Å². The van der Waals surface area contributed by atoms with Crippen molar-refractivity contribution in [2.45, 2.75) is 38.2 Å². The molecule has 2 aromatic rings. The zero-order valence-electron chi connectivity index (χ0n) is 13.6. The molecule has 2 N–H and O–H groups in total. The lowest BCUT2D eigenvalue weighted by Gasteiger charge is -2.28. The summed E-state index contributed by atoms with van der Waals surface area (Å²) in [6, 6.07) is 9.56. The van der Waals surface area contributed by atoms with Crippen molar-refractivity contribution in [2.24, 2.45) is 5.73 Å². The van der Waals surface area contributed by atoms with Crippen molar-refractivity contribution in [3.05, 3.63) is 70.8 Å². The highest BCUT2D eigenvalue weighted by Crippen LogP contribution is 2.49. The van der Waals surface area contributed by atoms with E-state index in [1.807, 2.05) is 0 Å². The molecule has 0 aliphatic heterocycles. The number of hydrogen-bond acceptors (Lipinski definition) is 1. The molecule has 6 heteroatoms. The third-order valence-corrected chi connectivity index (χ3v) is 3.80. The molecule has 2 aromatic carbocycles. The molecule has 0 aliphatic carbocycles. The van der Waals surface area contributed by atoms with E-state index in [-0.39, 0.29) is 12.4 Å². The number of nitrogens with two attached hydrogens (primary N) is 1. The van der Waals surface area contributed by atoms with Crippen molar-refractivity contribution in [3.8, 4) is 0 Å². The van der Waals surface area contributed by atoms with E-state index in [4.69, 9.17) is 5.73 Å². The fourth-order valence-corrected chi connectivity index (χ4v) is 2.23. The number of rotatable bonds is 4. The molecule has 132 valence electrons. The van der Waals surface area contributed by atoms with Crippen LogP contribution < -0.4 is 5.73 Å². The van der Waals surface area contributed by atoms with E-state index >= 15 is 0 Å². The van der Waals surface area contributed by atoms with Gasteiger partial charge < -0.3 is 5.73 Å². The summed E-state index contributed by atoms with van der Waals surface area (Å²) in [4.78, 5) is 0. The van der Waals surface area contributed by atoms with Gasteiger partial charge in [0.05, 0.1) is 0 Å². The topological polar surface area (TPSA) is 26.0 Å². The molecule has 2 rings (SSSR count). The van der Waals surface area contributed by atoms with Crippen LogP contribution in [0.1, 0.15) is 36.1 Å². The summed E-state index contributed by atoms with van der Waals surface area (Å²) in [7, 11) is 0. The van der Waals surface area contributed by atoms with Crippen LogP contribution in [-0.4, -0.2) is 0 Å². The molecule has 0 unspecified atom stereocenters. The fraction of sp³-hybridized carbons (Fsp3) is 0.333. The second-order valence-electron chi connectivity index (χ2n) is 6.31. The summed E-state index contributed by atoms with van der Waals surface area (Å²) in [5.41, 5.74) is 5.01. The lowest BCUT2D eigenvalue weighted by Crippen LogP contribution is -2.36. The zero-order valence-corrected chi connectivity index (χ0v) is 14.4. The lowest BCUT2D eigenvalue weighted by atomic mass is 9.91. The van der Waals surface area contributed by atoms with Crippen molar-refractivity contribution < 1.29 is 17.6 Å². The van der Waals surface area contributed by atoms with Crippen molar-refractivity contribution in [1.82, 2.24) is 0 Å². The Balaban J connectivity index is 0.00000288. The molecule has 0 spiro atoms. The molecule has 0 radical (unpaired) electrons. The fourth-order valence-electron chi connectivity index (χ4n) is 2.23. The predicted molar refractivity (Wildman–Crippen MR) is 89.9 cm³/mol. The number of benzene rings is 2. The zero-order chi connectivity index (χ0) is 17.5. The van der Waals surface area contributed by atoms with Gasteiger partial charge in [0.2, 0.25) is 0 Å². The number of hydrogen-bond donors (Lipinski definition) is 1. The van der Waals surface area contributed by atoms with Gasteiger partial charge in [0.15, 0.2) is 0 Å². The van der Waals surface area contributed by atoms with Gasteiger partial charge in [-0.05, 0) is 26.3 Å². The van der Waals surface area contributed by atoms with Crippen molar-refractivity contribution in [1.29, 1.82) is 0 Å². The van der Waals surface area contributed by atoms with Gasteiger partial charge in [-0.1, -0.05) is 54.1 Å². The van der Waals surface area contributed by atoms with Gasteiger partial charge in [-0.25, -0.2) is 0 Å². The third kappa shape index (κ3) is 3.73. The summed E-state index contributed by atoms with van der Waals surface area (Å²) in [5.74, 6) is -8.63. The SMILES string of the molecule is Cc1ccc(C(F)(F)C(F)(F)c2ccc(C(C)(C)N)cc2)cc1.Cl. The van der Waals surface area contributed by atoms with Gasteiger partial charge in [0, 0.05) is 16.7 Å². The smallest absolute Gasteiger partial charge is 0.322 e. The van der Waals surface area contributed by atoms with Crippen LogP contribution in [0.5, 0.6) is 0 Å². The Morgan fingerprint density at radius 2 is 0.958 bits per heavy atom. The maximum atomic E-state index is 14.4. The summed E-state index contributed by atoms with van der Waals surface area (Å²) in [6.45, 7) is 5.12. The van der Waals surface area contributed by atoms with Gasteiger partial charge in [0.1, 0.15) is 0 Å². The van der Waals surface area contributed by atoms with Crippen LogP contribution in [0, 0.1) is 6.92 Å². The summed E-state index contributed by atoms with van der Waals surface area (Å²) in [6.07, 6.45) is 0. The second-order valence-corrected chi connectivity index (χ2v) is 6.31. The van der Waals surface area contributed by atoms with Crippen molar-refractivity contribution in [3.63, 3.8) is 0 Å². The third-order valence-electron chi connectivity index (χ3n) is 3.80. The Labute approximate surface area is 145 Å². The maximum absolute atomic E-state index is 14.4. The van der Waals surface area contributed by atoms with Crippen LogP contribution in [0.4, 0.5) is 17.6 Å². The van der Waals surface area contributed by atoms with Gasteiger partial charge in [-0.3, -0.25) is 0 Å². The van der Waals surface area contributed by atoms with E-state index in [1.165, 1.54) is 24.3 Å². The first kappa shape index (κ1) is 20.5. The number of aryl methyl sites for hydroxylation is 1. The standard InChI is InChI=1S/C18H19F4N.ClH/c1-12-4-6-14(7-5-12)17(19,20)18(21,22)15-10-8-13(9-11-15)16(2,3)23;/h4-11H,23H2,1-3H3;1H. The minimum absolute atomic E-state index is 0. The average Bonchev–Trinajstić information content (AvgIpc) is 2.46. The highest BCUT2D eigenvalue weighted by Gasteiger charge is 2.58. The first-order valence-corrected chi connectivity index (χ1v) is 7.19. The molecule has 0 bridgehead atoms. The molecular weight excluding hydrogens is 342 g/mol. The highest BCUT2D eigenvalue weighted by atomic mass is 35.5. The summed E-state index contributed by atoms with van der Waals surface area (Å²) >= 11 is 0. The largest absolute Gasteiger partial charge is 0.339 e. The molecule has 0 fully saturated rings. The average molecular weight is 362 g/mol. The molecule has 0 saturated carbocycles. The quantitative estimate of drug-likeness (QED) is 0.715. The minimum atomic E-state index is -4.32. The molecular formula is C18H20ClF4N. The minimum Gasteiger partial charge on any atom is -0.322 e. The van der Waals surface area contributed by atoms with Crippen molar-refractivity contribution in [2.75, 3.05) is 0 Å². The molecule has 0 aliphatic rings. The van der Waals surface area contributed by atoms with Crippen LogP contribution in [0.25, 0.3) is 0 Å². The maximum Gasteiger partial charge on any atom is 0.339 e. The Bertz CT molecular complexity index is 674. The summed E-state index contributed by atoms with van der Waals surface area (Å²) in [5, 5.41) is 0. The monoisotopic (exact) mass is 361 g/mol. The van der Waals surface area contributed by atoms with Gasteiger partial charge in [0.25, 0.3) is 0 Å². The molecule has 0 atom stereocenters. The number of alkyl halides is 4. The summed E-state index contributed by atoms with van der Waals surface area (Å²) < 4.78 is 57.4. The van der Waals surface area contributed by atoms with E-state index < -0.39 is 28.5 Å². The predicted octanol–water partition coefficient (Wildman–Crippen LogP) is 5.49. The van der Waals surface area contributed by atoms with Gasteiger partial charge >= 0.3 is 11.8 Å². The van der Waals surface area contributed by atoms with E-state index in [9.17, 15) is 17.6 Å². The normalized spacial score (nSPS) is 12.7. The molecule has 0 saturated heterocycles. The second kappa shape index (κ2) is 6.73. The van der Waals surface area contributed by atoms with Crippen LogP contribution in [0.2, 0.25) is 0 Å². The van der Waals surface area contributed by atoms with E-state index in [1.54, 1.807) is 20.8 Å². The lowest BCUT2D eigenvalue weighted by molar-refractivity contribution is -0.223. The first-order chi connectivity index (χ1) is 10.5.